The molecule has 6 nitrogen and oxygen atoms in total. The second kappa shape index (κ2) is 8.01. The lowest BCUT2D eigenvalue weighted by molar-refractivity contribution is -0.132. The molecule has 24 heavy (non-hydrogen) atoms. The molecule has 0 N–H and O–H groups in total. The van der Waals surface area contributed by atoms with E-state index < -0.39 is 10.0 Å². The first-order chi connectivity index (χ1) is 11.3. The topological polar surface area (TPSA) is 60.9 Å². The highest BCUT2D eigenvalue weighted by Gasteiger charge is 2.28. The number of carbonyl (C=O) groups is 1. The highest BCUT2D eigenvalue weighted by molar-refractivity contribution is 7.89. The highest BCUT2D eigenvalue weighted by Crippen LogP contribution is 2.27. The normalized spacial score (nSPS) is 16.6. The Morgan fingerprint density at radius 3 is 2.42 bits per heavy atom. The van der Waals surface area contributed by atoms with Crippen LogP contribution in [0.15, 0.2) is 23.1 Å². The number of hydrogen-bond acceptors (Lipinski definition) is 4. The van der Waals surface area contributed by atoms with E-state index in [1.807, 2.05) is 0 Å². The van der Waals surface area contributed by atoms with Crippen molar-refractivity contribution in [3.63, 3.8) is 0 Å². The zero-order valence-corrected chi connectivity index (χ0v) is 16.0. The van der Waals surface area contributed by atoms with Crippen molar-refractivity contribution in [2.75, 3.05) is 46.3 Å². The van der Waals surface area contributed by atoms with Crippen LogP contribution in [-0.2, 0) is 14.8 Å². The van der Waals surface area contributed by atoms with E-state index in [2.05, 4.69) is 11.8 Å². The van der Waals surface area contributed by atoms with E-state index in [1.165, 1.54) is 25.2 Å². The molecule has 0 atom stereocenters. The summed E-state index contributed by atoms with van der Waals surface area (Å²) in [5.74, 6) is -0.213. The summed E-state index contributed by atoms with van der Waals surface area (Å²) in [7, 11) is -2.51. The largest absolute Gasteiger partial charge is 0.339 e. The van der Waals surface area contributed by atoms with Crippen LogP contribution in [0.3, 0.4) is 0 Å². The van der Waals surface area contributed by atoms with E-state index >= 15 is 0 Å². The molecular formula is C15H21Cl2N3O3S. The van der Waals surface area contributed by atoms with Gasteiger partial charge in [-0.1, -0.05) is 30.1 Å². The molecule has 0 bridgehead atoms. The summed E-state index contributed by atoms with van der Waals surface area (Å²) in [6, 6.07) is 4.23. The van der Waals surface area contributed by atoms with Gasteiger partial charge in [0, 0.05) is 38.2 Å². The van der Waals surface area contributed by atoms with Crippen molar-refractivity contribution >= 4 is 39.1 Å². The van der Waals surface area contributed by atoms with Gasteiger partial charge >= 0.3 is 0 Å². The summed E-state index contributed by atoms with van der Waals surface area (Å²) in [6.07, 6.45) is 0. The Morgan fingerprint density at radius 1 is 1.21 bits per heavy atom. The lowest BCUT2D eigenvalue weighted by Crippen LogP contribution is -2.51. The number of piperazine rings is 1. The van der Waals surface area contributed by atoms with Gasteiger partial charge in [-0.05, 0) is 24.7 Å². The Labute approximate surface area is 153 Å². The Kier molecular flexibility index (Phi) is 6.50. The van der Waals surface area contributed by atoms with Crippen LogP contribution in [0.1, 0.15) is 6.92 Å². The van der Waals surface area contributed by atoms with Crippen LogP contribution < -0.4 is 0 Å². The fraction of sp³-hybridized carbons (Fsp3) is 0.533. The summed E-state index contributed by atoms with van der Waals surface area (Å²) >= 11 is 11.8. The minimum atomic E-state index is -3.88. The van der Waals surface area contributed by atoms with Crippen LogP contribution in [0, 0.1) is 0 Å². The number of benzene rings is 1. The van der Waals surface area contributed by atoms with Crippen LogP contribution in [-0.4, -0.2) is 74.7 Å². The number of carbonyl (C=O) groups excluding carboxylic acids is 1. The summed E-state index contributed by atoms with van der Waals surface area (Å²) in [5.41, 5.74) is 0. The first-order valence-electron chi connectivity index (χ1n) is 7.67. The lowest BCUT2D eigenvalue weighted by atomic mass is 10.3. The number of nitrogens with zero attached hydrogens (tertiary/aromatic N) is 3. The third-order valence-electron chi connectivity index (χ3n) is 4.11. The summed E-state index contributed by atoms with van der Waals surface area (Å²) < 4.78 is 26.3. The molecule has 0 radical (unpaired) electrons. The van der Waals surface area contributed by atoms with E-state index in [-0.39, 0.29) is 27.4 Å². The van der Waals surface area contributed by atoms with Crippen molar-refractivity contribution in [2.45, 2.75) is 11.8 Å². The van der Waals surface area contributed by atoms with Crippen LogP contribution in [0.4, 0.5) is 0 Å². The zero-order chi connectivity index (χ0) is 17.9. The third kappa shape index (κ3) is 4.40. The number of rotatable bonds is 5. The molecule has 1 aromatic rings. The predicted octanol–water partition coefficient (Wildman–Crippen LogP) is 1.78. The second-order valence-electron chi connectivity index (χ2n) is 5.65. The zero-order valence-electron chi connectivity index (χ0n) is 13.7. The Hall–Kier alpha value is -0.860. The number of hydrogen-bond donors (Lipinski definition) is 0. The minimum Gasteiger partial charge on any atom is -0.339 e. The number of sulfonamides is 1. The molecule has 1 aliphatic heterocycles. The molecule has 1 fully saturated rings. The highest BCUT2D eigenvalue weighted by atomic mass is 35.5. The fourth-order valence-electron chi connectivity index (χ4n) is 2.53. The van der Waals surface area contributed by atoms with Gasteiger partial charge in [0.25, 0.3) is 0 Å². The Bertz CT molecular complexity index is 704. The Morgan fingerprint density at radius 2 is 1.83 bits per heavy atom. The maximum atomic E-state index is 12.6. The van der Waals surface area contributed by atoms with E-state index in [1.54, 1.807) is 4.90 Å². The molecule has 9 heteroatoms. The molecule has 2 rings (SSSR count). The molecule has 134 valence electrons. The Balaban J connectivity index is 2.07. The average molecular weight is 394 g/mol. The summed E-state index contributed by atoms with van der Waals surface area (Å²) in [5, 5.41) is 0.351. The summed E-state index contributed by atoms with van der Waals surface area (Å²) in [6.45, 7) is 5.63. The van der Waals surface area contributed by atoms with Crippen LogP contribution >= 0.6 is 23.2 Å². The summed E-state index contributed by atoms with van der Waals surface area (Å²) in [4.78, 5) is 16.2. The van der Waals surface area contributed by atoms with E-state index in [4.69, 9.17) is 23.2 Å². The molecule has 0 aliphatic carbocycles. The minimum absolute atomic E-state index is 0.0789. The number of likely N-dealkylation sites (N-methyl/N-ethyl adjacent to an activating group) is 2. The SMILES string of the molecule is CCN1CCN(C(=O)CN(C)S(=O)(=O)c2cc(Cl)ccc2Cl)CC1. The van der Waals surface area contributed by atoms with E-state index in [0.29, 0.717) is 13.1 Å². The lowest BCUT2D eigenvalue weighted by Gasteiger charge is -2.34. The van der Waals surface area contributed by atoms with Gasteiger partial charge in [0.1, 0.15) is 4.90 Å². The van der Waals surface area contributed by atoms with Crippen molar-refractivity contribution < 1.29 is 13.2 Å². The molecule has 0 aromatic heterocycles. The van der Waals surface area contributed by atoms with Crippen molar-refractivity contribution in [1.82, 2.24) is 14.1 Å². The standard InChI is InChI=1S/C15H21Cl2N3O3S/c1-3-19-6-8-20(9-7-19)15(21)11-18(2)24(22,23)14-10-12(16)4-5-13(14)17/h4-5,10H,3,6-9,11H2,1-2H3. The molecular weight excluding hydrogens is 373 g/mol. The molecule has 1 aromatic carbocycles. The van der Waals surface area contributed by atoms with Gasteiger partial charge in [0.2, 0.25) is 15.9 Å². The van der Waals surface area contributed by atoms with Gasteiger partial charge < -0.3 is 9.80 Å². The van der Waals surface area contributed by atoms with Gasteiger partial charge in [-0.2, -0.15) is 4.31 Å². The van der Waals surface area contributed by atoms with Crippen molar-refractivity contribution in [3.05, 3.63) is 28.2 Å². The molecule has 1 heterocycles. The quantitative estimate of drug-likeness (QED) is 0.764. The van der Waals surface area contributed by atoms with E-state index in [0.717, 1.165) is 23.9 Å². The van der Waals surface area contributed by atoms with Crippen LogP contribution in [0.2, 0.25) is 10.0 Å². The number of halogens is 2. The third-order valence-corrected chi connectivity index (χ3v) is 6.63. The maximum absolute atomic E-state index is 12.6. The second-order valence-corrected chi connectivity index (χ2v) is 8.51. The molecule has 1 amide bonds. The van der Waals surface area contributed by atoms with Gasteiger partial charge in [-0.3, -0.25) is 4.79 Å². The van der Waals surface area contributed by atoms with Gasteiger partial charge in [-0.25, -0.2) is 8.42 Å². The van der Waals surface area contributed by atoms with Crippen molar-refractivity contribution in [2.24, 2.45) is 0 Å². The smallest absolute Gasteiger partial charge is 0.244 e. The van der Waals surface area contributed by atoms with Crippen LogP contribution in [0.5, 0.6) is 0 Å². The van der Waals surface area contributed by atoms with E-state index in [9.17, 15) is 13.2 Å². The monoisotopic (exact) mass is 393 g/mol. The molecule has 0 saturated carbocycles. The molecule has 1 aliphatic rings. The molecule has 0 spiro atoms. The fourth-order valence-corrected chi connectivity index (χ4v) is 4.39. The maximum Gasteiger partial charge on any atom is 0.244 e. The predicted molar refractivity (Wildman–Crippen MR) is 95.0 cm³/mol. The van der Waals surface area contributed by atoms with Gasteiger partial charge in [0.15, 0.2) is 0 Å². The van der Waals surface area contributed by atoms with Crippen LogP contribution in [0.25, 0.3) is 0 Å². The first kappa shape index (κ1) is 19.5. The number of amides is 1. The van der Waals surface area contributed by atoms with Gasteiger partial charge in [0.05, 0.1) is 11.6 Å². The molecule has 1 saturated heterocycles. The van der Waals surface area contributed by atoms with Crippen molar-refractivity contribution in [3.8, 4) is 0 Å². The van der Waals surface area contributed by atoms with Crippen molar-refractivity contribution in [1.29, 1.82) is 0 Å². The first-order valence-corrected chi connectivity index (χ1v) is 9.86. The molecule has 0 unspecified atom stereocenters. The average Bonchev–Trinajstić information content (AvgIpc) is 2.56. The van der Waals surface area contributed by atoms with Gasteiger partial charge in [-0.15, -0.1) is 0 Å².